The third-order valence-corrected chi connectivity index (χ3v) is 4.01. The summed E-state index contributed by atoms with van der Waals surface area (Å²) in [6.07, 6.45) is 3.83. The molecule has 2 fully saturated rings. The third kappa shape index (κ3) is 1.99. The van der Waals surface area contributed by atoms with Gasteiger partial charge in [-0.2, -0.15) is 5.10 Å². The van der Waals surface area contributed by atoms with E-state index in [2.05, 4.69) is 25.4 Å². The van der Waals surface area contributed by atoms with E-state index in [1.165, 1.54) is 32.4 Å². The number of nitrogens with zero attached hydrogens (tertiary/aromatic N) is 4. The smallest absolute Gasteiger partial charge is 0.243 e. The third-order valence-electron chi connectivity index (χ3n) is 4.01. The molecule has 0 saturated carbocycles. The summed E-state index contributed by atoms with van der Waals surface area (Å²) in [7, 11) is 0. The van der Waals surface area contributed by atoms with Crippen LogP contribution in [0.2, 0.25) is 0 Å². The van der Waals surface area contributed by atoms with Gasteiger partial charge in [-0.15, -0.1) is 5.10 Å². The SMILES string of the molecule is Cc1nnc(NC2CCN3CCCC23)nc1C. The average molecular weight is 233 g/mol. The fourth-order valence-electron chi connectivity index (χ4n) is 2.93. The summed E-state index contributed by atoms with van der Waals surface area (Å²) in [4.78, 5) is 7.02. The summed E-state index contributed by atoms with van der Waals surface area (Å²) in [6.45, 7) is 6.38. The molecule has 1 N–H and O–H groups in total. The first-order valence-electron chi connectivity index (χ1n) is 6.42. The number of nitrogens with one attached hydrogen (secondary N) is 1. The number of aryl methyl sites for hydroxylation is 2. The highest BCUT2D eigenvalue weighted by atomic mass is 15.3. The van der Waals surface area contributed by atoms with E-state index in [0.717, 1.165) is 11.4 Å². The molecular formula is C12H19N5. The second kappa shape index (κ2) is 4.22. The lowest BCUT2D eigenvalue weighted by molar-refractivity contribution is 0.318. The molecule has 2 saturated heterocycles. The minimum absolute atomic E-state index is 0.501. The molecule has 1 aromatic heterocycles. The molecule has 2 atom stereocenters. The Morgan fingerprint density at radius 2 is 2.00 bits per heavy atom. The van der Waals surface area contributed by atoms with Gasteiger partial charge in [-0.3, -0.25) is 4.90 Å². The molecule has 2 unspecified atom stereocenters. The molecule has 2 aliphatic rings. The van der Waals surface area contributed by atoms with Gasteiger partial charge in [-0.05, 0) is 39.7 Å². The first kappa shape index (κ1) is 10.9. The van der Waals surface area contributed by atoms with Gasteiger partial charge in [0.25, 0.3) is 0 Å². The number of aromatic nitrogens is 3. The average Bonchev–Trinajstić information content (AvgIpc) is 2.88. The zero-order valence-corrected chi connectivity index (χ0v) is 10.5. The Morgan fingerprint density at radius 1 is 1.12 bits per heavy atom. The Morgan fingerprint density at radius 3 is 2.82 bits per heavy atom. The van der Waals surface area contributed by atoms with Crippen molar-refractivity contribution in [1.29, 1.82) is 0 Å². The number of fused-ring (bicyclic) bond motifs is 1. The van der Waals surface area contributed by atoms with Crippen LogP contribution < -0.4 is 5.32 Å². The highest BCUT2D eigenvalue weighted by Gasteiger charge is 2.37. The lowest BCUT2D eigenvalue weighted by atomic mass is 10.1. The van der Waals surface area contributed by atoms with Gasteiger partial charge in [-0.1, -0.05) is 0 Å². The maximum Gasteiger partial charge on any atom is 0.243 e. The Labute approximate surface area is 102 Å². The van der Waals surface area contributed by atoms with E-state index in [1.807, 2.05) is 13.8 Å². The molecule has 17 heavy (non-hydrogen) atoms. The van der Waals surface area contributed by atoms with Crippen LogP contribution in [-0.2, 0) is 0 Å². The summed E-state index contributed by atoms with van der Waals surface area (Å²) in [6, 6.07) is 1.18. The highest BCUT2D eigenvalue weighted by molar-refractivity contribution is 5.28. The van der Waals surface area contributed by atoms with Crippen LogP contribution in [0.3, 0.4) is 0 Å². The summed E-state index contributed by atoms with van der Waals surface area (Å²) in [5.41, 5.74) is 1.87. The van der Waals surface area contributed by atoms with Gasteiger partial charge in [0, 0.05) is 18.6 Å². The molecule has 0 amide bonds. The monoisotopic (exact) mass is 233 g/mol. The molecule has 92 valence electrons. The quantitative estimate of drug-likeness (QED) is 0.830. The molecule has 0 spiro atoms. The minimum Gasteiger partial charge on any atom is -0.349 e. The Bertz CT molecular complexity index is 419. The molecule has 0 aromatic carbocycles. The largest absolute Gasteiger partial charge is 0.349 e. The molecule has 3 heterocycles. The van der Waals surface area contributed by atoms with Gasteiger partial charge in [0.15, 0.2) is 0 Å². The number of anilines is 1. The summed E-state index contributed by atoms with van der Waals surface area (Å²) in [5.74, 6) is 0.687. The lowest BCUT2D eigenvalue weighted by Gasteiger charge is -2.21. The van der Waals surface area contributed by atoms with Gasteiger partial charge in [0.1, 0.15) is 0 Å². The summed E-state index contributed by atoms with van der Waals surface area (Å²) < 4.78 is 0. The molecule has 2 aliphatic heterocycles. The second-order valence-electron chi connectivity index (χ2n) is 5.09. The van der Waals surface area contributed by atoms with Crippen LogP contribution in [0.5, 0.6) is 0 Å². The van der Waals surface area contributed by atoms with Gasteiger partial charge in [0.2, 0.25) is 5.95 Å². The maximum atomic E-state index is 4.45. The second-order valence-corrected chi connectivity index (χ2v) is 5.09. The molecule has 0 bridgehead atoms. The molecule has 3 rings (SSSR count). The van der Waals surface area contributed by atoms with Crippen molar-refractivity contribution in [2.24, 2.45) is 0 Å². The molecule has 5 nitrogen and oxygen atoms in total. The van der Waals surface area contributed by atoms with E-state index >= 15 is 0 Å². The van der Waals surface area contributed by atoms with Crippen LogP contribution in [0.1, 0.15) is 30.7 Å². The van der Waals surface area contributed by atoms with Crippen molar-refractivity contribution in [3.8, 4) is 0 Å². The first-order chi connectivity index (χ1) is 8.24. The molecule has 5 heteroatoms. The first-order valence-corrected chi connectivity index (χ1v) is 6.42. The van der Waals surface area contributed by atoms with E-state index in [0.29, 0.717) is 18.0 Å². The van der Waals surface area contributed by atoms with Crippen LogP contribution in [0.25, 0.3) is 0 Å². The van der Waals surface area contributed by atoms with Crippen molar-refractivity contribution in [3.63, 3.8) is 0 Å². The Kier molecular flexibility index (Phi) is 2.70. The van der Waals surface area contributed by atoms with E-state index < -0.39 is 0 Å². The fraction of sp³-hybridized carbons (Fsp3) is 0.750. The van der Waals surface area contributed by atoms with Crippen LogP contribution >= 0.6 is 0 Å². The molecule has 1 aromatic rings. The number of hydrogen-bond donors (Lipinski definition) is 1. The summed E-state index contributed by atoms with van der Waals surface area (Å²) in [5, 5.41) is 11.7. The topological polar surface area (TPSA) is 53.9 Å². The van der Waals surface area contributed by atoms with Crippen molar-refractivity contribution in [2.45, 2.75) is 45.2 Å². The van der Waals surface area contributed by atoms with Gasteiger partial charge in [0.05, 0.1) is 11.4 Å². The molecular weight excluding hydrogens is 214 g/mol. The lowest BCUT2D eigenvalue weighted by Crippen LogP contribution is -2.34. The van der Waals surface area contributed by atoms with Crippen molar-refractivity contribution in [3.05, 3.63) is 11.4 Å². The van der Waals surface area contributed by atoms with E-state index in [-0.39, 0.29) is 0 Å². The predicted octanol–water partition coefficient (Wildman–Crippen LogP) is 1.14. The summed E-state index contributed by atoms with van der Waals surface area (Å²) >= 11 is 0. The minimum atomic E-state index is 0.501. The Hall–Kier alpha value is -1.23. The van der Waals surface area contributed by atoms with Crippen LogP contribution in [-0.4, -0.2) is 45.3 Å². The fourth-order valence-corrected chi connectivity index (χ4v) is 2.93. The normalized spacial score (nSPS) is 28.4. The number of rotatable bonds is 2. The zero-order chi connectivity index (χ0) is 11.8. The van der Waals surface area contributed by atoms with Crippen molar-refractivity contribution in [2.75, 3.05) is 18.4 Å². The van der Waals surface area contributed by atoms with Gasteiger partial charge >= 0.3 is 0 Å². The van der Waals surface area contributed by atoms with Crippen LogP contribution in [0.4, 0.5) is 5.95 Å². The predicted molar refractivity (Wildman–Crippen MR) is 65.9 cm³/mol. The van der Waals surface area contributed by atoms with Crippen molar-refractivity contribution < 1.29 is 0 Å². The highest BCUT2D eigenvalue weighted by Crippen LogP contribution is 2.29. The van der Waals surface area contributed by atoms with Gasteiger partial charge < -0.3 is 5.32 Å². The molecule has 0 aliphatic carbocycles. The molecule has 0 radical (unpaired) electrons. The standard InChI is InChI=1S/C12H19N5/c1-8-9(2)15-16-12(13-8)14-10-5-7-17-6-3-4-11(10)17/h10-11H,3-7H2,1-2H3,(H,13,14,16). The van der Waals surface area contributed by atoms with E-state index in [4.69, 9.17) is 0 Å². The Balaban J connectivity index is 1.72. The van der Waals surface area contributed by atoms with Crippen LogP contribution in [0, 0.1) is 13.8 Å². The zero-order valence-electron chi connectivity index (χ0n) is 10.5. The van der Waals surface area contributed by atoms with E-state index in [1.54, 1.807) is 0 Å². The van der Waals surface area contributed by atoms with Crippen molar-refractivity contribution in [1.82, 2.24) is 20.1 Å². The number of hydrogen-bond acceptors (Lipinski definition) is 5. The van der Waals surface area contributed by atoms with E-state index in [9.17, 15) is 0 Å². The van der Waals surface area contributed by atoms with Crippen molar-refractivity contribution >= 4 is 5.95 Å². The maximum absolute atomic E-state index is 4.45. The van der Waals surface area contributed by atoms with Gasteiger partial charge in [-0.25, -0.2) is 4.98 Å². The van der Waals surface area contributed by atoms with Crippen LogP contribution in [0.15, 0.2) is 0 Å².